The van der Waals surface area contributed by atoms with Crippen LogP contribution in [0.5, 0.6) is 5.75 Å². The summed E-state index contributed by atoms with van der Waals surface area (Å²) in [6, 6.07) is 10.3. The Morgan fingerprint density at radius 3 is 2.41 bits per heavy atom. The van der Waals surface area contributed by atoms with E-state index in [-0.39, 0.29) is 10.6 Å². The smallest absolute Gasteiger partial charge is 0.329 e. The van der Waals surface area contributed by atoms with Gasteiger partial charge in [-0.15, -0.1) is 0 Å². The Morgan fingerprint density at radius 2 is 1.72 bits per heavy atom. The van der Waals surface area contributed by atoms with E-state index >= 15 is 0 Å². The minimum absolute atomic E-state index is 0.0853. The third-order valence-corrected chi connectivity index (χ3v) is 6.25. The highest BCUT2D eigenvalue weighted by Gasteiger charge is 2.32. The molecule has 0 saturated carbocycles. The highest BCUT2D eigenvalue weighted by atomic mass is 32.2. The fraction of sp³-hybridized carbons (Fsp3) is 0.200. The monoisotopic (exact) mass is 455 g/mol. The minimum atomic E-state index is -0.755. The summed E-state index contributed by atoms with van der Waals surface area (Å²) in [5, 5.41) is 34.3. The highest BCUT2D eigenvalue weighted by molar-refractivity contribution is 8.18. The number of piperazine rings is 1. The van der Waals surface area contributed by atoms with Crippen molar-refractivity contribution in [3.63, 3.8) is 0 Å². The summed E-state index contributed by atoms with van der Waals surface area (Å²) < 4.78 is 0. The van der Waals surface area contributed by atoms with E-state index in [1.165, 1.54) is 30.0 Å². The lowest BCUT2D eigenvalue weighted by molar-refractivity contribution is -0.838. The zero-order valence-electron chi connectivity index (χ0n) is 16.6. The number of hydrogen-bond donors (Lipinski definition) is 1. The summed E-state index contributed by atoms with van der Waals surface area (Å²) in [7, 11) is 0. The number of amidine groups is 1. The van der Waals surface area contributed by atoms with Gasteiger partial charge in [-0.1, -0.05) is 24.3 Å². The number of aliphatic imine (C=N–C) groups is 1. The van der Waals surface area contributed by atoms with Crippen LogP contribution in [0.3, 0.4) is 0 Å². The van der Waals surface area contributed by atoms with Crippen LogP contribution in [0, 0.1) is 20.2 Å². The van der Waals surface area contributed by atoms with Crippen LogP contribution in [-0.4, -0.2) is 52.0 Å². The van der Waals surface area contributed by atoms with Gasteiger partial charge in [-0.2, -0.15) is 4.99 Å². The normalized spacial score (nSPS) is 18.1. The van der Waals surface area contributed by atoms with Crippen LogP contribution < -0.4 is 10.0 Å². The molecule has 0 spiro atoms. The van der Waals surface area contributed by atoms with Gasteiger partial charge in [0.15, 0.2) is 5.17 Å². The van der Waals surface area contributed by atoms with E-state index in [1.54, 1.807) is 18.2 Å². The van der Waals surface area contributed by atoms with Crippen LogP contribution in [0.25, 0.3) is 6.08 Å². The first-order chi connectivity index (χ1) is 15.3. The average molecular weight is 455 g/mol. The largest absolute Gasteiger partial charge is 0.868 e. The van der Waals surface area contributed by atoms with Crippen molar-refractivity contribution in [2.24, 2.45) is 4.99 Å². The number of quaternary nitrogens is 1. The van der Waals surface area contributed by atoms with Gasteiger partial charge in [-0.3, -0.25) is 29.9 Å². The van der Waals surface area contributed by atoms with Gasteiger partial charge in [0.05, 0.1) is 40.9 Å². The van der Waals surface area contributed by atoms with Crippen molar-refractivity contribution in [2.45, 2.75) is 0 Å². The van der Waals surface area contributed by atoms with E-state index in [1.807, 2.05) is 4.90 Å². The predicted octanol–water partition coefficient (Wildman–Crippen LogP) is 1.08. The second-order valence-corrected chi connectivity index (χ2v) is 8.17. The molecule has 0 aromatic heterocycles. The number of carbonyl (C=O) groups is 1. The van der Waals surface area contributed by atoms with Crippen LogP contribution >= 0.6 is 11.8 Å². The lowest BCUT2D eigenvalue weighted by Crippen LogP contribution is -3.10. The van der Waals surface area contributed by atoms with Gasteiger partial charge in [0, 0.05) is 18.2 Å². The van der Waals surface area contributed by atoms with Crippen molar-refractivity contribution in [1.82, 2.24) is 4.90 Å². The number of rotatable bonds is 4. The van der Waals surface area contributed by atoms with E-state index in [0.29, 0.717) is 47.5 Å². The summed E-state index contributed by atoms with van der Waals surface area (Å²) in [6.45, 7) is 2.33. The van der Waals surface area contributed by atoms with Crippen LogP contribution in [0.4, 0.5) is 17.1 Å². The summed E-state index contributed by atoms with van der Waals surface area (Å²) in [5.41, 5.74) is 0.541. The summed E-state index contributed by atoms with van der Waals surface area (Å²) >= 11 is 1.17. The number of carbonyl (C=O) groups excluding carboxylic acids is 1. The Morgan fingerprint density at radius 1 is 1.03 bits per heavy atom. The van der Waals surface area contributed by atoms with Gasteiger partial charge < -0.3 is 10.0 Å². The first kappa shape index (κ1) is 21.5. The van der Waals surface area contributed by atoms with Crippen LogP contribution in [0.1, 0.15) is 5.56 Å². The molecular formula is C20H17N5O6S. The van der Waals surface area contributed by atoms with Gasteiger partial charge in [-0.25, -0.2) is 0 Å². The Balaban J connectivity index is 1.44. The number of nitro benzene ring substituents is 2. The molecule has 1 N–H and O–H groups in total. The molecule has 0 atom stereocenters. The van der Waals surface area contributed by atoms with Gasteiger partial charge in [0.2, 0.25) is 5.69 Å². The van der Waals surface area contributed by atoms with Crippen molar-refractivity contribution in [2.75, 3.05) is 26.2 Å². The molecule has 1 saturated heterocycles. The number of hydrogen-bond acceptors (Lipinski definition) is 8. The Labute approximate surface area is 186 Å². The molecule has 11 nitrogen and oxygen atoms in total. The molecular weight excluding hydrogens is 438 g/mol. The maximum atomic E-state index is 12.3. The van der Waals surface area contributed by atoms with Crippen LogP contribution in [-0.2, 0) is 4.79 Å². The molecule has 12 heteroatoms. The molecule has 0 radical (unpaired) electrons. The second kappa shape index (κ2) is 8.77. The molecule has 0 aliphatic carbocycles. The number of nitrogens with zero attached hydrogens (tertiary/aromatic N) is 4. The molecule has 1 fully saturated rings. The van der Waals surface area contributed by atoms with Crippen molar-refractivity contribution < 1.29 is 24.6 Å². The number of amides is 1. The summed E-state index contributed by atoms with van der Waals surface area (Å²) in [4.78, 5) is 40.8. The lowest BCUT2D eigenvalue weighted by atomic mass is 10.1. The highest BCUT2D eigenvalue weighted by Crippen LogP contribution is 2.32. The fourth-order valence-electron chi connectivity index (χ4n) is 3.62. The van der Waals surface area contributed by atoms with Crippen LogP contribution in [0.15, 0.2) is 52.4 Å². The number of thioether (sulfide) groups is 1. The predicted molar refractivity (Wildman–Crippen MR) is 116 cm³/mol. The standard InChI is InChI=1S/C20H17N5O6S/c26-17-6-5-13(11-16(17)25(30)31)12-18-19(27)21-20(32-18)23-9-7-22(8-10-23)14-3-1-2-4-15(14)24(28)29/h1-6,11-12,26H,7-10H2/b18-12-. The molecule has 2 heterocycles. The topological polar surface area (TPSA) is 146 Å². The fourth-order valence-corrected chi connectivity index (χ4v) is 4.59. The van der Waals surface area contributed by atoms with Crippen molar-refractivity contribution in [1.29, 1.82) is 0 Å². The van der Waals surface area contributed by atoms with Gasteiger partial charge in [0.1, 0.15) is 0 Å². The quantitative estimate of drug-likeness (QED) is 0.409. The molecule has 0 unspecified atom stereocenters. The van der Waals surface area contributed by atoms with E-state index in [0.717, 1.165) is 17.0 Å². The first-order valence-corrected chi connectivity index (χ1v) is 10.5. The second-order valence-electron chi connectivity index (χ2n) is 7.16. The van der Waals surface area contributed by atoms with E-state index in [2.05, 4.69) is 4.99 Å². The Bertz CT molecular complexity index is 1170. The zero-order chi connectivity index (χ0) is 22.8. The SMILES string of the molecule is O=C1N=C(N2CC[NH+](c3ccccc3[N+](=O)[O-])CC2)S/C1=C\c1ccc([O-])c([N+](=O)[O-])c1. The number of benzene rings is 2. The number of nitro groups is 2. The number of nitrogens with one attached hydrogen (secondary N) is 1. The molecule has 164 valence electrons. The van der Waals surface area contributed by atoms with Gasteiger partial charge >= 0.3 is 5.69 Å². The maximum Gasteiger partial charge on any atom is 0.329 e. The molecule has 4 rings (SSSR count). The molecule has 2 aromatic carbocycles. The molecule has 1 amide bonds. The van der Waals surface area contributed by atoms with Crippen molar-refractivity contribution in [3.8, 4) is 5.75 Å². The van der Waals surface area contributed by atoms with E-state index in [4.69, 9.17) is 0 Å². The third-order valence-electron chi connectivity index (χ3n) is 5.21. The zero-order valence-corrected chi connectivity index (χ0v) is 17.4. The van der Waals surface area contributed by atoms with Crippen molar-refractivity contribution >= 4 is 46.0 Å². The Kier molecular flexibility index (Phi) is 5.88. The van der Waals surface area contributed by atoms with E-state index < -0.39 is 22.3 Å². The van der Waals surface area contributed by atoms with Crippen LogP contribution in [0.2, 0.25) is 0 Å². The molecule has 2 aromatic rings. The number of para-hydroxylation sites is 2. The van der Waals surface area contributed by atoms with Crippen molar-refractivity contribution in [3.05, 3.63) is 73.2 Å². The molecule has 0 bridgehead atoms. The molecule has 2 aliphatic heterocycles. The lowest BCUT2D eigenvalue weighted by Gasteiger charge is -2.32. The third kappa shape index (κ3) is 4.31. The minimum Gasteiger partial charge on any atom is -0.868 e. The summed E-state index contributed by atoms with van der Waals surface area (Å²) in [6.07, 6.45) is 1.48. The Hall–Kier alpha value is -3.77. The summed E-state index contributed by atoms with van der Waals surface area (Å²) in [5.74, 6) is -1.15. The molecule has 32 heavy (non-hydrogen) atoms. The first-order valence-electron chi connectivity index (χ1n) is 9.65. The van der Waals surface area contributed by atoms with Gasteiger partial charge in [-0.05, 0) is 29.2 Å². The average Bonchev–Trinajstić information content (AvgIpc) is 3.15. The van der Waals surface area contributed by atoms with E-state index in [9.17, 15) is 30.1 Å². The molecule has 2 aliphatic rings. The maximum absolute atomic E-state index is 12.3. The van der Waals surface area contributed by atoms with Gasteiger partial charge in [0.25, 0.3) is 11.6 Å².